The van der Waals surface area contributed by atoms with Gasteiger partial charge in [0.25, 0.3) is 5.91 Å². The standard InChI is InChI=1S/C20H28N2O4/c1-13-6-4-9-17(10-13)26-12-16(23)11-22-18(24)20(21-19(22)25)14(2)7-5-8-15(20)3/h4,6,9-10,14-16,23H,5,7-8,11-12H2,1-3H3,(H,21,25). The molecule has 2 fully saturated rings. The second-order valence-electron chi connectivity index (χ2n) is 7.73. The number of rotatable bonds is 5. The fourth-order valence-corrected chi connectivity index (χ4v) is 4.28. The quantitative estimate of drug-likeness (QED) is 0.791. The molecule has 1 saturated carbocycles. The molecule has 1 aromatic carbocycles. The minimum Gasteiger partial charge on any atom is -0.491 e. The molecule has 0 aromatic heterocycles. The number of carbonyl (C=O) groups is 2. The second-order valence-corrected chi connectivity index (χ2v) is 7.73. The minimum atomic E-state index is -0.936. The molecular formula is C20H28N2O4. The van der Waals surface area contributed by atoms with Crippen molar-refractivity contribution < 1.29 is 19.4 Å². The Morgan fingerprint density at radius 3 is 2.65 bits per heavy atom. The van der Waals surface area contributed by atoms with Crippen molar-refractivity contribution in [3.63, 3.8) is 0 Å². The zero-order chi connectivity index (χ0) is 18.9. The third-order valence-electron chi connectivity index (χ3n) is 5.81. The van der Waals surface area contributed by atoms with Gasteiger partial charge in [0.05, 0.1) is 6.54 Å². The minimum absolute atomic E-state index is 0.0264. The summed E-state index contributed by atoms with van der Waals surface area (Å²) < 4.78 is 5.59. The van der Waals surface area contributed by atoms with Gasteiger partial charge in [-0.25, -0.2) is 4.79 Å². The molecule has 1 aromatic rings. The van der Waals surface area contributed by atoms with E-state index in [4.69, 9.17) is 4.74 Å². The Bertz CT molecular complexity index is 680. The first-order valence-corrected chi connectivity index (χ1v) is 9.36. The highest BCUT2D eigenvalue weighted by atomic mass is 16.5. The third-order valence-corrected chi connectivity index (χ3v) is 5.81. The fourth-order valence-electron chi connectivity index (χ4n) is 4.28. The molecule has 0 bridgehead atoms. The molecule has 26 heavy (non-hydrogen) atoms. The highest BCUT2D eigenvalue weighted by Gasteiger charge is 2.58. The molecule has 2 aliphatic rings. The summed E-state index contributed by atoms with van der Waals surface area (Å²) in [5.74, 6) is 0.630. The van der Waals surface area contributed by atoms with E-state index in [0.29, 0.717) is 5.75 Å². The smallest absolute Gasteiger partial charge is 0.325 e. The van der Waals surface area contributed by atoms with Crippen LogP contribution in [0, 0.1) is 18.8 Å². The zero-order valence-corrected chi connectivity index (χ0v) is 15.7. The van der Waals surface area contributed by atoms with Gasteiger partial charge in [-0.2, -0.15) is 0 Å². The highest BCUT2D eigenvalue weighted by Crippen LogP contribution is 2.42. The maximum Gasteiger partial charge on any atom is 0.325 e. The number of amides is 3. The van der Waals surface area contributed by atoms with Crippen LogP contribution in [-0.2, 0) is 4.79 Å². The summed E-state index contributed by atoms with van der Waals surface area (Å²) in [4.78, 5) is 26.7. The lowest BCUT2D eigenvalue weighted by atomic mass is 9.67. The summed E-state index contributed by atoms with van der Waals surface area (Å²) in [5, 5.41) is 13.2. The Kier molecular flexibility index (Phi) is 5.23. The topological polar surface area (TPSA) is 78.9 Å². The molecule has 6 nitrogen and oxygen atoms in total. The lowest BCUT2D eigenvalue weighted by Gasteiger charge is -2.42. The summed E-state index contributed by atoms with van der Waals surface area (Å²) in [7, 11) is 0. The summed E-state index contributed by atoms with van der Waals surface area (Å²) in [6.07, 6.45) is 1.97. The van der Waals surface area contributed by atoms with Crippen molar-refractivity contribution >= 4 is 11.9 Å². The van der Waals surface area contributed by atoms with Gasteiger partial charge < -0.3 is 15.2 Å². The number of benzene rings is 1. The number of hydrogen-bond donors (Lipinski definition) is 2. The van der Waals surface area contributed by atoms with Gasteiger partial charge in [-0.1, -0.05) is 32.4 Å². The molecule has 1 saturated heterocycles. The van der Waals surface area contributed by atoms with Crippen molar-refractivity contribution in [2.24, 2.45) is 11.8 Å². The van der Waals surface area contributed by atoms with Gasteiger partial charge in [-0.3, -0.25) is 9.69 Å². The second kappa shape index (κ2) is 7.27. The Morgan fingerprint density at radius 2 is 2.00 bits per heavy atom. The fraction of sp³-hybridized carbons (Fsp3) is 0.600. The molecule has 3 rings (SSSR count). The van der Waals surface area contributed by atoms with Crippen LogP contribution in [0.3, 0.4) is 0 Å². The first-order chi connectivity index (χ1) is 12.3. The largest absolute Gasteiger partial charge is 0.491 e. The van der Waals surface area contributed by atoms with E-state index in [0.717, 1.165) is 29.7 Å². The van der Waals surface area contributed by atoms with Crippen LogP contribution >= 0.6 is 0 Å². The first-order valence-electron chi connectivity index (χ1n) is 9.36. The van der Waals surface area contributed by atoms with Crippen molar-refractivity contribution in [3.05, 3.63) is 29.8 Å². The number of carbonyl (C=O) groups excluding carboxylic acids is 2. The van der Waals surface area contributed by atoms with E-state index in [9.17, 15) is 14.7 Å². The number of imide groups is 1. The molecule has 142 valence electrons. The predicted octanol–water partition coefficient (Wildman–Crippen LogP) is 2.48. The van der Waals surface area contributed by atoms with Gasteiger partial charge >= 0.3 is 6.03 Å². The van der Waals surface area contributed by atoms with E-state index in [2.05, 4.69) is 5.32 Å². The molecule has 3 amide bonds. The van der Waals surface area contributed by atoms with Gasteiger partial charge in [0.2, 0.25) is 0 Å². The number of nitrogens with zero attached hydrogens (tertiary/aromatic N) is 1. The molecule has 1 aliphatic carbocycles. The number of aliphatic hydroxyl groups is 1. The molecule has 6 heteroatoms. The number of urea groups is 1. The summed E-state index contributed by atoms with van der Waals surface area (Å²) in [6, 6.07) is 7.12. The number of aliphatic hydroxyl groups excluding tert-OH is 1. The number of hydrogen-bond acceptors (Lipinski definition) is 4. The number of nitrogens with one attached hydrogen (secondary N) is 1. The molecule has 3 unspecified atom stereocenters. The summed E-state index contributed by atoms with van der Waals surface area (Å²) in [6.45, 7) is 5.97. The van der Waals surface area contributed by atoms with Crippen LogP contribution in [0.15, 0.2) is 24.3 Å². The normalized spacial score (nSPS) is 29.8. The van der Waals surface area contributed by atoms with E-state index in [1.807, 2.05) is 45.0 Å². The van der Waals surface area contributed by atoms with Crippen LogP contribution in [0.2, 0.25) is 0 Å². The third kappa shape index (κ3) is 3.30. The van der Waals surface area contributed by atoms with Crippen molar-refractivity contribution in [2.45, 2.75) is 51.7 Å². The molecule has 3 atom stereocenters. The lowest BCUT2D eigenvalue weighted by molar-refractivity contribution is -0.137. The molecular weight excluding hydrogens is 332 g/mol. The van der Waals surface area contributed by atoms with Gasteiger partial charge in [-0.15, -0.1) is 0 Å². The Balaban J connectivity index is 1.64. The van der Waals surface area contributed by atoms with Gasteiger partial charge in [0.1, 0.15) is 24.0 Å². The van der Waals surface area contributed by atoms with Crippen molar-refractivity contribution in [1.29, 1.82) is 0 Å². The molecule has 0 radical (unpaired) electrons. The molecule has 2 N–H and O–H groups in total. The average molecular weight is 360 g/mol. The molecule has 1 aliphatic heterocycles. The Hall–Kier alpha value is -2.08. The Labute approximate surface area is 154 Å². The number of β-amino-alcohol motifs (C(OH)–C–C–N with tert-alkyl or cyclic N) is 1. The molecule has 1 spiro atoms. The van der Waals surface area contributed by atoms with Crippen LogP contribution in [0.4, 0.5) is 4.79 Å². The van der Waals surface area contributed by atoms with E-state index in [1.54, 1.807) is 0 Å². The van der Waals surface area contributed by atoms with Crippen LogP contribution in [0.1, 0.15) is 38.7 Å². The van der Waals surface area contributed by atoms with Crippen LogP contribution in [0.25, 0.3) is 0 Å². The number of ether oxygens (including phenoxy) is 1. The summed E-state index contributed by atoms with van der Waals surface area (Å²) >= 11 is 0. The maximum absolute atomic E-state index is 13.1. The van der Waals surface area contributed by atoms with E-state index >= 15 is 0 Å². The predicted molar refractivity (Wildman–Crippen MR) is 97.8 cm³/mol. The Morgan fingerprint density at radius 1 is 1.31 bits per heavy atom. The maximum atomic E-state index is 13.1. The van der Waals surface area contributed by atoms with Crippen LogP contribution in [-0.4, -0.2) is 46.7 Å². The monoisotopic (exact) mass is 360 g/mol. The first kappa shape index (κ1) is 18.7. The highest BCUT2D eigenvalue weighted by molar-refractivity contribution is 6.07. The SMILES string of the molecule is Cc1cccc(OCC(O)CN2C(=O)NC3(C2=O)C(C)CCCC3C)c1. The van der Waals surface area contributed by atoms with E-state index in [1.165, 1.54) is 0 Å². The van der Waals surface area contributed by atoms with Crippen LogP contribution < -0.4 is 10.1 Å². The van der Waals surface area contributed by atoms with Gasteiger partial charge in [0, 0.05) is 0 Å². The van der Waals surface area contributed by atoms with Crippen molar-refractivity contribution in [3.8, 4) is 5.75 Å². The summed E-state index contributed by atoms with van der Waals surface area (Å²) in [5.41, 5.74) is 0.236. The number of aryl methyl sites for hydroxylation is 1. The van der Waals surface area contributed by atoms with E-state index < -0.39 is 17.7 Å². The average Bonchev–Trinajstić information content (AvgIpc) is 2.84. The van der Waals surface area contributed by atoms with Gasteiger partial charge in [0.15, 0.2) is 0 Å². The van der Waals surface area contributed by atoms with Crippen molar-refractivity contribution in [1.82, 2.24) is 10.2 Å². The molecule has 1 heterocycles. The zero-order valence-electron chi connectivity index (χ0n) is 15.7. The van der Waals surface area contributed by atoms with Crippen LogP contribution in [0.5, 0.6) is 5.75 Å². The van der Waals surface area contributed by atoms with Gasteiger partial charge in [-0.05, 0) is 49.3 Å². The lowest BCUT2D eigenvalue weighted by Crippen LogP contribution is -2.59. The van der Waals surface area contributed by atoms with Crippen molar-refractivity contribution in [2.75, 3.05) is 13.2 Å². The van der Waals surface area contributed by atoms with E-state index in [-0.39, 0.29) is 30.9 Å².